The lowest BCUT2D eigenvalue weighted by atomic mass is 9.95. The molecule has 3 N–H and O–H groups in total. The first-order chi connectivity index (χ1) is 10.6. The summed E-state index contributed by atoms with van der Waals surface area (Å²) in [6.45, 7) is 5.88. The van der Waals surface area contributed by atoms with Crippen LogP contribution in [0.15, 0.2) is 24.5 Å². The molecule has 2 aromatic heterocycles. The Morgan fingerprint density at radius 3 is 2.64 bits per heavy atom. The zero-order valence-corrected chi connectivity index (χ0v) is 13.6. The predicted octanol–water partition coefficient (Wildman–Crippen LogP) is 1.70. The first kappa shape index (κ1) is 15.1. The highest BCUT2D eigenvalue weighted by Gasteiger charge is 2.34. The summed E-state index contributed by atoms with van der Waals surface area (Å²) in [4.78, 5) is 21.4. The monoisotopic (exact) mass is 317 g/mol. The highest BCUT2D eigenvalue weighted by atomic mass is 32.1. The van der Waals surface area contributed by atoms with Crippen LogP contribution in [0, 0.1) is 19.8 Å². The summed E-state index contributed by atoms with van der Waals surface area (Å²) >= 11 is 1.42. The number of carbonyl (C=O) groups is 1. The molecule has 3 rings (SSSR count). The van der Waals surface area contributed by atoms with Crippen molar-refractivity contribution in [2.24, 2.45) is 5.92 Å². The molecule has 0 radical (unpaired) electrons. The topological polar surface area (TPSA) is 78.9 Å². The zero-order valence-electron chi connectivity index (χ0n) is 12.8. The molecule has 116 valence electrons. The summed E-state index contributed by atoms with van der Waals surface area (Å²) < 4.78 is 0. The van der Waals surface area contributed by atoms with Gasteiger partial charge < -0.3 is 5.32 Å². The second kappa shape index (κ2) is 6.12. The van der Waals surface area contributed by atoms with Crippen LogP contribution in [-0.4, -0.2) is 22.0 Å². The van der Waals surface area contributed by atoms with Crippen LogP contribution in [0.1, 0.15) is 38.9 Å². The van der Waals surface area contributed by atoms with Crippen LogP contribution >= 0.6 is 11.3 Å². The molecule has 0 aromatic carbocycles. The number of nitrogens with zero attached hydrogens (tertiary/aromatic N) is 2. The molecule has 1 fully saturated rings. The predicted molar refractivity (Wildman–Crippen MR) is 85.3 cm³/mol. The summed E-state index contributed by atoms with van der Waals surface area (Å²) in [6.07, 6.45) is 3.42. The normalized spacial score (nSPS) is 24.4. The molecule has 0 aliphatic carbocycles. The van der Waals surface area contributed by atoms with Crippen molar-refractivity contribution in [2.75, 3.05) is 0 Å². The lowest BCUT2D eigenvalue weighted by molar-refractivity contribution is 0.0926. The van der Waals surface area contributed by atoms with Crippen molar-refractivity contribution in [1.82, 2.24) is 26.1 Å². The molecule has 0 spiro atoms. The van der Waals surface area contributed by atoms with Gasteiger partial charge in [-0.25, -0.2) is 15.8 Å². The maximum Gasteiger partial charge on any atom is 0.264 e. The molecule has 3 atom stereocenters. The SMILES string of the molecule is Cc1nc(C)c(C(=O)NC2NNC(c3ccncc3)C2C)s1. The Hall–Kier alpha value is -1.83. The molecule has 3 heterocycles. The number of pyridine rings is 1. The molecule has 2 aromatic rings. The van der Waals surface area contributed by atoms with E-state index in [9.17, 15) is 4.79 Å². The number of rotatable bonds is 3. The summed E-state index contributed by atoms with van der Waals surface area (Å²) in [5.74, 6) is 0.130. The van der Waals surface area contributed by atoms with Crippen LogP contribution in [0.25, 0.3) is 0 Å². The van der Waals surface area contributed by atoms with Crippen LogP contribution < -0.4 is 16.2 Å². The maximum absolute atomic E-state index is 12.4. The molecule has 22 heavy (non-hydrogen) atoms. The Balaban J connectivity index is 1.69. The fraction of sp³-hybridized carbons (Fsp3) is 0.400. The summed E-state index contributed by atoms with van der Waals surface area (Å²) in [5, 5.41) is 3.95. The van der Waals surface area contributed by atoms with Crippen LogP contribution in [0.3, 0.4) is 0 Å². The van der Waals surface area contributed by atoms with Gasteiger partial charge in [0, 0.05) is 18.3 Å². The highest BCUT2D eigenvalue weighted by molar-refractivity contribution is 7.13. The van der Waals surface area contributed by atoms with Gasteiger partial charge in [-0.1, -0.05) is 6.92 Å². The van der Waals surface area contributed by atoms with Gasteiger partial charge in [0.15, 0.2) is 0 Å². The summed E-state index contributed by atoms with van der Waals surface area (Å²) in [6, 6.07) is 4.10. The van der Waals surface area contributed by atoms with Crippen molar-refractivity contribution < 1.29 is 4.79 Å². The number of amides is 1. The van der Waals surface area contributed by atoms with Gasteiger partial charge in [-0.3, -0.25) is 9.78 Å². The second-order valence-electron chi connectivity index (χ2n) is 5.50. The molecule has 0 bridgehead atoms. The Kier molecular flexibility index (Phi) is 4.19. The van der Waals surface area contributed by atoms with Crippen molar-refractivity contribution in [2.45, 2.75) is 33.0 Å². The third kappa shape index (κ3) is 2.87. The van der Waals surface area contributed by atoms with Crippen molar-refractivity contribution in [3.8, 4) is 0 Å². The van der Waals surface area contributed by atoms with E-state index >= 15 is 0 Å². The minimum absolute atomic E-state index is 0.0790. The third-order valence-electron chi connectivity index (χ3n) is 3.91. The molecule has 7 heteroatoms. The van der Waals surface area contributed by atoms with E-state index < -0.39 is 0 Å². The fourth-order valence-electron chi connectivity index (χ4n) is 2.71. The van der Waals surface area contributed by atoms with Crippen molar-refractivity contribution >= 4 is 17.2 Å². The smallest absolute Gasteiger partial charge is 0.264 e. The van der Waals surface area contributed by atoms with E-state index in [0.29, 0.717) is 4.88 Å². The number of carbonyl (C=O) groups excluding carboxylic acids is 1. The number of hydrogen-bond acceptors (Lipinski definition) is 6. The fourth-order valence-corrected chi connectivity index (χ4v) is 3.53. The second-order valence-corrected chi connectivity index (χ2v) is 6.71. The molecule has 3 unspecified atom stereocenters. The Labute approximate surface area is 133 Å². The number of nitrogens with one attached hydrogen (secondary N) is 3. The summed E-state index contributed by atoms with van der Waals surface area (Å²) in [7, 11) is 0. The molecular weight excluding hydrogens is 298 g/mol. The van der Waals surface area contributed by atoms with Gasteiger partial charge in [0.25, 0.3) is 5.91 Å². The van der Waals surface area contributed by atoms with Gasteiger partial charge in [-0.2, -0.15) is 0 Å². The van der Waals surface area contributed by atoms with E-state index in [4.69, 9.17) is 0 Å². The molecule has 1 amide bonds. The van der Waals surface area contributed by atoms with Gasteiger partial charge in [0.2, 0.25) is 0 Å². The number of hydrogen-bond donors (Lipinski definition) is 3. The minimum atomic E-state index is -0.132. The Morgan fingerprint density at radius 1 is 1.27 bits per heavy atom. The van der Waals surface area contributed by atoms with Crippen LogP contribution in [-0.2, 0) is 0 Å². The van der Waals surface area contributed by atoms with Gasteiger partial charge in [-0.15, -0.1) is 11.3 Å². The van der Waals surface area contributed by atoms with E-state index in [1.54, 1.807) is 12.4 Å². The summed E-state index contributed by atoms with van der Waals surface area (Å²) in [5.41, 5.74) is 8.34. The first-order valence-electron chi connectivity index (χ1n) is 7.22. The molecule has 1 aliphatic heterocycles. The van der Waals surface area contributed by atoms with Crippen LogP contribution in [0.2, 0.25) is 0 Å². The van der Waals surface area contributed by atoms with E-state index in [1.807, 2.05) is 26.0 Å². The van der Waals surface area contributed by atoms with E-state index in [-0.39, 0.29) is 24.0 Å². The van der Waals surface area contributed by atoms with Crippen LogP contribution in [0.4, 0.5) is 0 Å². The average molecular weight is 317 g/mol. The van der Waals surface area contributed by atoms with E-state index in [1.165, 1.54) is 11.3 Å². The molecule has 0 saturated carbocycles. The first-order valence-corrected chi connectivity index (χ1v) is 8.04. The average Bonchev–Trinajstić information content (AvgIpc) is 3.03. The van der Waals surface area contributed by atoms with Gasteiger partial charge >= 0.3 is 0 Å². The maximum atomic E-state index is 12.4. The van der Waals surface area contributed by atoms with Gasteiger partial charge in [0.1, 0.15) is 4.88 Å². The number of hydrazine groups is 1. The van der Waals surface area contributed by atoms with E-state index in [2.05, 4.69) is 33.1 Å². The van der Waals surface area contributed by atoms with Crippen molar-refractivity contribution in [3.05, 3.63) is 45.7 Å². The van der Waals surface area contributed by atoms with E-state index in [0.717, 1.165) is 16.3 Å². The largest absolute Gasteiger partial charge is 0.334 e. The lowest BCUT2D eigenvalue weighted by Gasteiger charge is -2.19. The third-order valence-corrected chi connectivity index (χ3v) is 4.98. The Bertz CT molecular complexity index is 672. The Morgan fingerprint density at radius 2 is 2.00 bits per heavy atom. The molecular formula is C15H19N5OS. The van der Waals surface area contributed by atoms with Crippen molar-refractivity contribution in [3.63, 3.8) is 0 Å². The number of aromatic nitrogens is 2. The molecule has 6 nitrogen and oxygen atoms in total. The number of thiazole rings is 1. The van der Waals surface area contributed by atoms with Gasteiger partial charge in [0.05, 0.1) is 22.9 Å². The quantitative estimate of drug-likeness (QED) is 0.803. The number of aryl methyl sites for hydroxylation is 2. The van der Waals surface area contributed by atoms with Gasteiger partial charge in [-0.05, 0) is 31.5 Å². The molecule has 1 aliphatic rings. The van der Waals surface area contributed by atoms with Crippen molar-refractivity contribution in [1.29, 1.82) is 0 Å². The lowest BCUT2D eigenvalue weighted by Crippen LogP contribution is -2.46. The van der Waals surface area contributed by atoms with Crippen LogP contribution in [0.5, 0.6) is 0 Å². The minimum Gasteiger partial charge on any atom is -0.334 e. The highest BCUT2D eigenvalue weighted by Crippen LogP contribution is 2.27. The standard InChI is InChI=1S/C15H19N5OS/c1-8-12(11-4-6-16-7-5-11)19-20-14(8)18-15(21)13-9(2)17-10(3)22-13/h4-8,12,14,19-20H,1-3H3,(H,18,21). The molecule has 1 saturated heterocycles. The zero-order chi connectivity index (χ0) is 15.7.